The predicted molar refractivity (Wildman–Crippen MR) is 48.7 cm³/mol. The zero-order valence-corrected chi connectivity index (χ0v) is 8.18. The second-order valence-corrected chi connectivity index (χ2v) is 3.37. The number of nitrogens with one attached hydrogen (secondary N) is 1. The topological polar surface area (TPSA) is 67.7 Å². The fraction of sp³-hybridized carbons (Fsp3) is 0.429. The lowest BCUT2D eigenvalue weighted by atomic mass is 10.1. The molecule has 0 saturated heterocycles. The van der Waals surface area contributed by atoms with Crippen LogP contribution >= 0.6 is 11.6 Å². The zero-order chi connectivity index (χ0) is 11.6. The maximum atomic E-state index is 12.4. The minimum atomic E-state index is -4.55. The van der Waals surface area contributed by atoms with Crippen molar-refractivity contribution >= 4 is 17.4 Å². The maximum Gasteiger partial charge on any atom is 0.400 e. The molecule has 15 heavy (non-hydrogen) atoms. The molecule has 3 N–H and O–H groups in total. The highest BCUT2D eigenvalue weighted by Gasteiger charge is 2.42. The van der Waals surface area contributed by atoms with Crippen molar-refractivity contribution in [2.45, 2.75) is 12.7 Å². The summed E-state index contributed by atoms with van der Waals surface area (Å²) in [6.07, 6.45) is -2.09. The van der Waals surface area contributed by atoms with Crippen LogP contribution in [0.15, 0.2) is 12.4 Å². The molecule has 0 amide bonds. The van der Waals surface area contributed by atoms with E-state index in [1.165, 1.54) is 12.4 Å². The summed E-state index contributed by atoms with van der Waals surface area (Å²) in [5.74, 6) is -2.97. The van der Waals surface area contributed by atoms with Crippen LogP contribution in [0.5, 0.6) is 0 Å². The van der Waals surface area contributed by atoms with Gasteiger partial charge < -0.3 is 5.73 Å². The smallest absolute Gasteiger partial charge is 0.387 e. The Hall–Kier alpha value is -1.24. The fourth-order valence-electron chi connectivity index (χ4n) is 1.00. The van der Waals surface area contributed by atoms with Gasteiger partial charge in [-0.3, -0.25) is 10.1 Å². The van der Waals surface area contributed by atoms with Crippen LogP contribution in [0.25, 0.3) is 0 Å². The second-order valence-electron chi connectivity index (χ2n) is 2.93. The number of halogens is 4. The average Bonchev–Trinajstić information content (AvgIpc) is 2.44. The molecule has 1 unspecified atom stereocenters. The van der Waals surface area contributed by atoms with Crippen molar-refractivity contribution in [1.82, 2.24) is 9.78 Å². The van der Waals surface area contributed by atoms with Crippen LogP contribution in [0, 0.1) is 11.3 Å². The van der Waals surface area contributed by atoms with Crippen molar-refractivity contribution < 1.29 is 13.2 Å². The highest BCUT2D eigenvalue weighted by molar-refractivity contribution is 6.30. The molecular weight excluding hydrogens is 233 g/mol. The Bertz CT molecular complexity index is 359. The van der Waals surface area contributed by atoms with E-state index in [4.69, 9.17) is 22.7 Å². The van der Waals surface area contributed by atoms with E-state index in [0.29, 0.717) is 0 Å². The number of hydrogen-bond donors (Lipinski definition) is 2. The van der Waals surface area contributed by atoms with Gasteiger partial charge in [0, 0.05) is 6.20 Å². The molecule has 0 aliphatic rings. The van der Waals surface area contributed by atoms with Crippen molar-refractivity contribution in [2.75, 3.05) is 0 Å². The van der Waals surface area contributed by atoms with Gasteiger partial charge in [-0.1, -0.05) is 11.6 Å². The van der Waals surface area contributed by atoms with Gasteiger partial charge in [-0.2, -0.15) is 18.3 Å². The molecule has 0 aliphatic heterocycles. The Morgan fingerprint density at radius 2 is 2.27 bits per heavy atom. The van der Waals surface area contributed by atoms with Crippen LogP contribution in [-0.2, 0) is 6.54 Å². The SMILES string of the molecule is N=C(N)C(Cn1cc(Cl)cn1)C(F)(F)F. The van der Waals surface area contributed by atoms with Gasteiger partial charge in [0.25, 0.3) is 0 Å². The number of nitrogens with two attached hydrogens (primary N) is 1. The molecule has 0 saturated carbocycles. The molecular formula is C7H8ClF3N4. The Kier molecular flexibility index (Phi) is 3.23. The summed E-state index contributed by atoms with van der Waals surface area (Å²) in [5.41, 5.74) is 4.87. The first kappa shape index (κ1) is 11.8. The molecule has 0 spiro atoms. The van der Waals surface area contributed by atoms with Crippen molar-refractivity contribution in [1.29, 1.82) is 5.41 Å². The van der Waals surface area contributed by atoms with Gasteiger partial charge in [-0.25, -0.2) is 0 Å². The van der Waals surface area contributed by atoms with Gasteiger partial charge in [0.1, 0.15) is 11.8 Å². The van der Waals surface area contributed by atoms with E-state index in [2.05, 4.69) is 5.10 Å². The van der Waals surface area contributed by atoms with Gasteiger partial charge in [0.05, 0.1) is 17.8 Å². The highest BCUT2D eigenvalue weighted by Crippen LogP contribution is 2.27. The van der Waals surface area contributed by atoms with E-state index in [9.17, 15) is 13.2 Å². The van der Waals surface area contributed by atoms with E-state index in [1.807, 2.05) is 0 Å². The summed E-state index contributed by atoms with van der Waals surface area (Å²) in [4.78, 5) is 0. The summed E-state index contributed by atoms with van der Waals surface area (Å²) < 4.78 is 38.1. The summed E-state index contributed by atoms with van der Waals surface area (Å²) in [7, 11) is 0. The van der Waals surface area contributed by atoms with Gasteiger partial charge >= 0.3 is 6.18 Å². The van der Waals surface area contributed by atoms with Gasteiger partial charge in [0.15, 0.2) is 0 Å². The Morgan fingerprint density at radius 3 is 2.60 bits per heavy atom. The Balaban J connectivity index is 2.81. The minimum absolute atomic E-state index is 0.236. The first-order valence-corrected chi connectivity index (χ1v) is 4.27. The second kappa shape index (κ2) is 4.09. The third-order valence-corrected chi connectivity index (χ3v) is 1.94. The van der Waals surface area contributed by atoms with E-state index < -0.39 is 24.5 Å². The summed E-state index contributed by atoms with van der Waals surface area (Å²) >= 11 is 5.49. The molecule has 0 aliphatic carbocycles. The Morgan fingerprint density at radius 1 is 1.67 bits per heavy atom. The maximum absolute atomic E-state index is 12.4. The van der Waals surface area contributed by atoms with Crippen LogP contribution in [0.4, 0.5) is 13.2 Å². The molecule has 1 rings (SSSR count). The van der Waals surface area contributed by atoms with Crippen molar-refractivity contribution in [2.24, 2.45) is 11.7 Å². The fourth-order valence-corrected chi connectivity index (χ4v) is 1.16. The highest BCUT2D eigenvalue weighted by atomic mass is 35.5. The summed E-state index contributed by atoms with van der Waals surface area (Å²) in [6, 6.07) is 0. The van der Waals surface area contributed by atoms with Gasteiger partial charge in [-0.05, 0) is 0 Å². The first-order chi connectivity index (χ1) is 6.80. The molecule has 1 aromatic heterocycles. The molecule has 0 radical (unpaired) electrons. The van der Waals surface area contributed by atoms with Gasteiger partial charge in [-0.15, -0.1) is 0 Å². The number of hydrogen-bond acceptors (Lipinski definition) is 2. The van der Waals surface area contributed by atoms with Crippen LogP contribution in [0.3, 0.4) is 0 Å². The number of amidine groups is 1. The summed E-state index contributed by atoms with van der Waals surface area (Å²) in [6.45, 7) is -0.536. The lowest BCUT2D eigenvalue weighted by molar-refractivity contribution is -0.159. The number of alkyl halides is 3. The molecule has 1 heterocycles. The van der Waals surface area contributed by atoms with Crippen LogP contribution in [-0.4, -0.2) is 21.8 Å². The number of aromatic nitrogens is 2. The van der Waals surface area contributed by atoms with Crippen LogP contribution < -0.4 is 5.73 Å². The molecule has 8 heteroatoms. The first-order valence-electron chi connectivity index (χ1n) is 3.89. The Labute approximate surface area is 88.3 Å². The van der Waals surface area contributed by atoms with E-state index in [0.717, 1.165) is 4.68 Å². The minimum Gasteiger partial charge on any atom is -0.387 e. The molecule has 1 aromatic rings. The summed E-state index contributed by atoms with van der Waals surface area (Å²) in [5, 5.41) is 10.7. The lowest BCUT2D eigenvalue weighted by Gasteiger charge is -2.18. The van der Waals surface area contributed by atoms with E-state index >= 15 is 0 Å². The quantitative estimate of drug-likeness (QED) is 0.623. The normalized spacial score (nSPS) is 13.9. The average molecular weight is 241 g/mol. The molecule has 0 bridgehead atoms. The number of nitrogens with zero attached hydrogens (tertiary/aromatic N) is 2. The molecule has 84 valence electrons. The van der Waals surface area contributed by atoms with Crippen LogP contribution in [0.1, 0.15) is 0 Å². The van der Waals surface area contributed by atoms with Crippen molar-refractivity contribution in [3.8, 4) is 0 Å². The van der Waals surface area contributed by atoms with E-state index in [-0.39, 0.29) is 5.02 Å². The van der Waals surface area contributed by atoms with Crippen LogP contribution in [0.2, 0.25) is 5.02 Å². The third kappa shape index (κ3) is 3.12. The lowest BCUT2D eigenvalue weighted by Crippen LogP contribution is -2.38. The third-order valence-electron chi connectivity index (χ3n) is 1.74. The molecule has 0 aromatic carbocycles. The molecule has 4 nitrogen and oxygen atoms in total. The van der Waals surface area contributed by atoms with E-state index in [1.54, 1.807) is 0 Å². The van der Waals surface area contributed by atoms with Crippen molar-refractivity contribution in [3.63, 3.8) is 0 Å². The molecule has 1 atom stereocenters. The predicted octanol–water partition coefficient (Wildman–Crippen LogP) is 1.65. The van der Waals surface area contributed by atoms with Crippen molar-refractivity contribution in [3.05, 3.63) is 17.4 Å². The monoisotopic (exact) mass is 240 g/mol. The standard InChI is InChI=1S/C7H8ClF3N4/c8-4-1-14-15(2-4)3-5(6(12)13)7(9,10)11/h1-2,5H,3H2,(H3,12,13). The molecule has 0 fully saturated rings. The number of rotatable bonds is 3. The largest absolute Gasteiger partial charge is 0.400 e. The van der Waals surface area contributed by atoms with Gasteiger partial charge in [0.2, 0.25) is 0 Å². The zero-order valence-electron chi connectivity index (χ0n) is 7.42.